The molecule has 0 saturated carbocycles. The van der Waals surface area contributed by atoms with Gasteiger partial charge in [0, 0.05) is 6.54 Å². The van der Waals surface area contributed by atoms with Gasteiger partial charge >= 0.3 is 12.0 Å². The van der Waals surface area contributed by atoms with Gasteiger partial charge in [-0.1, -0.05) is 33.1 Å². The molecule has 0 aromatic heterocycles. The molecule has 0 aliphatic carbocycles. The van der Waals surface area contributed by atoms with Crippen molar-refractivity contribution in [3.8, 4) is 0 Å². The number of unbranched alkanes of at least 4 members (excludes halogenated alkanes) is 1. The molecule has 0 saturated heterocycles. The number of carbonyl (C=O) groups is 3. The van der Waals surface area contributed by atoms with Crippen molar-refractivity contribution < 1.29 is 19.5 Å². The molecule has 20 heavy (non-hydrogen) atoms. The van der Waals surface area contributed by atoms with E-state index < -0.39 is 30.4 Å². The Morgan fingerprint density at radius 1 is 1.25 bits per heavy atom. The van der Waals surface area contributed by atoms with Crippen LogP contribution < -0.4 is 16.4 Å². The van der Waals surface area contributed by atoms with Crippen LogP contribution in [0.1, 0.15) is 46.0 Å². The number of aliphatic carboxylic acids is 1. The number of urea groups is 1. The van der Waals surface area contributed by atoms with Gasteiger partial charge in [-0.2, -0.15) is 0 Å². The summed E-state index contributed by atoms with van der Waals surface area (Å²) in [6.45, 7) is 4.65. The zero-order valence-corrected chi connectivity index (χ0v) is 12.1. The molecule has 0 aliphatic heterocycles. The Labute approximate surface area is 119 Å². The number of carboxylic acids is 1. The minimum Gasteiger partial charge on any atom is -0.480 e. The van der Waals surface area contributed by atoms with Gasteiger partial charge in [0.25, 0.3) is 0 Å². The van der Waals surface area contributed by atoms with Crippen LogP contribution in [0.2, 0.25) is 0 Å². The van der Waals surface area contributed by atoms with Crippen molar-refractivity contribution >= 4 is 17.9 Å². The maximum Gasteiger partial charge on any atom is 0.326 e. The molecule has 0 fully saturated rings. The van der Waals surface area contributed by atoms with E-state index in [0.717, 1.165) is 25.7 Å². The smallest absolute Gasteiger partial charge is 0.326 e. The third-order valence-corrected chi connectivity index (χ3v) is 3.10. The van der Waals surface area contributed by atoms with Gasteiger partial charge < -0.3 is 21.5 Å². The maximum absolute atomic E-state index is 11.6. The van der Waals surface area contributed by atoms with Crippen molar-refractivity contribution in [1.82, 2.24) is 10.6 Å². The number of hydrogen-bond acceptors (Lipinski definition) is 3. The number of carbonyl (C=O) groups excluding carboxylic acids is 2. The quantitative estimate of drug-likeness (QED) is 0.475. The summed E-state index contributed by atoms with van der Waals surface area (Å²) in [7, 11) is 0. The van der Waals surface area contributed by atoms with Crippen molar-refractivity contribution in [1.29, 1.82) is 0 Å². The first-order chi connectivity index (χ1) is 9.40. The zero-order chi connectivity index (χ0) is 15.5. The minimum absolute atomic E-state index is 0.375. The third kappa shape index (κ3) is 8.34. The molecule has 0 rings (SSSR count). The fraction of sp³-hybridized carbons (Fsp3) is 0.769. The first-order valence-electron chi connectivity index (χ1n) is 6.96. The molecule has 5 N–H and O–H groups in total. The summed E-state index contributed by atoms with van der Waals surface area (Å²) in [6.07, 6.45) is 3.75. The lowest BCUT2D eigenvalue weighted by Crippen LogP contribution is -2.48. The normalized spacial score (nSPS) is 13.3. The first-order valence-corrected chi connectivity index (χ1v) is 6.96. The molecular formula is C13H25N3O4. The van der Waals surface area contributed by atoms with Gasteiger partial charge in [0.15, 0.2) is 0 Å². The van der Waals surface area contributed by atoms with Gasteiger partial charge in [-0.3, -0.25) is 4.79 Å². The molecule has 0 heterocycles. The highest BCUT2D eigenvalue weighted by atomic mass is 16.4. The number of amides is 3. The number of rotatable bonds is 10. The Bertz CT molecular complexity index is 334. The van der Waals surface area contributed by atoms with Crippen LogP contribution in [0.25, 0.3) is 0 Å². The summed E-state index contributed by atoms with van der Waals surface area (Å²) in [5.74, 6) is -1.68. The van der Waals surface area contributed by atoms with Crippen LogP contribution in [0, 0.1) is 5.92 Å². The summed E-state index contributed by atoms with van der Waals surface area (Å²) in [5.41, 5.74) is 4.93. The highest BCUT2D eigenvalue weighted by molar-refractivity contribution is 5.87. The lowest BCUT2D eigenvalue weighted by molar-refractivity contribution is -0.140. The molecule has 1 unspecified atom stereocenters. The number of nitrogens with one attached hydrogen (secondary N) is 2. The van der Waals surface area contributed by atoms with Crippen molar-refractivity contribution in [2.45, 2.75) is 52.0 Å². The highest BCUT2D eigenvalue weighted by Crippen LogP contribution is 2.11. The number of hydrogen-bond donors (Lipinski definition) is 4. The molecule has 0 aromatic carbocycles. The summed E-state index contributed by atoms with van der Waals surface area (Å²) >= 11 is 0. The second kappa shape index (κ2) is 10.1. The molecule has 7 nitrogen and oxygen atoms in total. The zero-order valence-electron chi connectivity index (χ0n) is 12.1. The third-order valence-electron chi connectivity index (χ3n) is 3.10. The van der Waals surface area contributed by atoms with Gasteiger partial charge in [-0.15, -0.1) is 0 Å². The molecule has 0 aromatic rings. The molecule has 0 spiro atoms. The molecular weight excluding hydrogens is 262 g/mol. The number of primary amides is 1. The molecule has 3 amide bonds. The standard InChI is InChI=1S/C13H25N3O4/c1-3-5-6-9(4-2)8-15-13(20)16-10(12(18)19)7-11(14)17/h9-10H,3-8H2,1-2H3,(H2,14,17)(H,18,19)(H2,15,16,20)/t9?,10-/m0/s1. The molecule has 116 valence electrons. The largest absolute Gasteiger partial charge is 0.480 e. The van der Waals surface area contributed by atoms with E-state index in [9.17, 15) is 14.4 Å². The topological polar surface area (TPSA) is 122 Å². The van der Waals surface area contributed by atoms with Gasteiger partial charge in [0.1, 0.15) is 6.04 Å². The fourth-order valence-electron chi connectivity index (χ4n) is 1.79. The van der Waals surface area contributed by atoms with E-state index in [0.29, 0.717) is 12.5 Å². The second-order valence-corrected chi connectivity index (χ2v) is 4.83. The van der Waals surface area contributed by atoms with E-state index in [-0.39, 0.29) is 0 Å². The summed E-state index contributed by atoms with van der Waals surface area (Å²) in [6, 6.07) is -1.88. The van der Waals surface area contributed by atoms with E-state index in [1.165, 1.54) is 0 Å². The summed E-state index contributed by atoms with van der Waals surface area (Å²) in [5, 5.41) is 13.7. The Morgan fingerprint density at radius 3 is 2.35 bits per heavy atom. The Balaban J connectivity index is 4.18. The van der Waals surface area contributed by atoms with E-state index in [4.69, 9.17) is 10.8 Å². The van der Waals surface area contributed by atoms with Crippen LogP contribution in [0.4, 0.5) is 4.79 Å². The SMILES string of the molecule is CCCCC(CC)CNC(=O)N[C@@H](CC(N)=O)C(=O)O. The molecule has 2 atom stereocenters. The average molecular weight is 287 g/mol. The Kier molecular flexibility index (Phi) is 9.15. The van der Waals surface area contributed by atoms with Crippen LogP contribution >= 0.6 is 0 Å². The molecule has 0 aliphatic rings. The molecule has 7 heteroatoms. The fourth-order valence-corrected chi connectivity index (χ4v) is 1.79. The van der Waals surface area contributed by atoms with Crippen LogP contribution in [-0.2, 0) is 9.59 Å². The predicted octanol–water partition coefficient (Wildman–Crippen LogP) is 0.831. The van der Waals surface area contributed by atoms with Gasteiger partial charge in [0.2, 0.25) is 5.91 Å². The van der Waals surface area contributed by atoms with Gasteiger partial charge in [-0.25, -0.2) is 9.59 Å². The monoisotopic (exact) mass is 287 g/mol. The predicted molar refractivity (Wildman–Crippen MR) is 75.1 cm³/mol. The first kappa shape index (κ1) is 18.2. The minimum atomic E-state index is -1.29. The van der Waals surface area contributed by atoms with Gasteiger partial charge in [-0.05, 0) is 12.3 Å². The van der Waals surface area contributed by atoms with Crippen molar-refractivity contribution in [3.63, 3.8) is 0 Å². The lowest BCUT2D eigenvalue weighted by Gasteiger charge is -2.17. The van der Waals surface area contributed by atoms with Crippen LogP contribution in [-0.4, -0.2) is 35.6 Å². The van der Waals surface area contributed by atoms with Crippen molar-refractivity contribution in [2.24, 2.45) is 11.7 Å². The van der Waals surface area contributed by atoms with Crippen LogP contribution in [0.3, 0.4) is 0 Å². The van der Waals surface area contributed by atoms with Crippen LogP contribution in [0.15, 0.2) is 0 Å². The Hall–Kier alpha value is -1.79. The number of carboxylic acid groups (broad SMARTS) is 1. The van der Waals surface area contributed by atoms with E-state index in [2.05, 4.69) is 17.6 Å². The van der Waals surface area contributed by atoms with Crippen molar-refractivity contribution in [2.75, 3.05) is 6.54 Å². The highest BCUT2D eigenvalue weighted by Gasteiger charge is 2.22. The van der Waals surface area contributed by atoms with Crippen LogP contribution in [0.5, 0.6) is 0 Å². The average Bonchev–Trinajstić information content (AvgIpc) is 2.37. The van der Waals surface area contributed by atoms with Crippen molar-refractivity contribution in [3.05, 3.63) is 0 Å². The van der Waals surface area contributed by atoms with E-state index in [1.54, 1.807) is 0 Å². The molecule has 0 radical (unpaired) electrons. The maximum atomic E-state index is 11.6. The van der Waals surface area contributed by atoms with E-state index in [1.807, 2.05) is 6.92 Å². The second-order valence-electron chi connectivity index (χ2n) is 4.83. The molecule has 0 bridgehead atoms. The van der Waals surface area contributed by atoms with E-state index >= 15 is 0 Å². The summed E-state index contributed by atoms with van der Waals surface area (Å²) < 4.78 is 0. The number of nitrogens with two attached hydrogens (primary N) is 1. The summed E-state index contributed by atoms with van der Waals surface area (Å²) in [4.78, 5) is 33.2. The Morgan fingerprint density at radius 2 is 1.90 bits per heavy atom. The lowest BCUT2D eigenvalue weighted by atomic mass is 9.99. The van der Waals surface area contributed by atoms with Gasteiger partial charge in [0.05, 0.1) is 6.42 Å².